The van der Waals surface area contributed by atoms with Gasteiger partial charge in [-0.05, 0) is 39.5 Å². The summed E-state index contributed by atoms with van der Waals surface area (Å²) in [5.74, 6) is -0.522. The molecule has 0 aromatic carbocycles. The Morgan fingerprint density at radius 3 is 2.68 bits per heavy atom. The Kier molecular flexibility index (Phi) is 4.88. The van der Waals surface area contributed by atoms with Crippen molar-refractivity contribution in [3.05, 3.63) is 17.0 Å². The number of carbonyl (C=O) groups is 2. The Morgan fingerprint density at radius 2 is 2.14 bits per heavy atom. The molecule has 1 saturated heterocycles. The van der Waals surface area contributed by atoms with Crippen LogP contribution in [0.15, 0.2) is 4.52 Å². The number of amides is 1. The highest BCUT2D eigenvalue weighted by Crippen LogP contribution is 2.29. The predicted octanol–water partition coefficient (Wildman–Crippen LogP) is 2.50. The number of nitrogens with zero attached hydrogens (tertiary/aromatic N) is 2. The van der Waals surface area contributed by atoms with Gasteiger partial charge in [-0.3, -0.25) is 9.59 Å². The van der Waals surface area contributed by atoms with Gasteiger partial charge in [0.15, 0.2) is 0 Å². The molecule has 1 amide bonds. The van der Waals surface area contributed by atoms with Crippen LogP contribution in [-0.2, 0) is 9.59 Å². The lowest BCUT2D eigenvalue weighted by Gasteiger charge is -2.38. The van der Waals surface area contributed by atoms with Gasteiger partial charge in [-0.15, -0.1) is 0 Å². The lowest BCUT2D eigenvalue weighted by atomic mass is 9.89. The zero-order chi connectivity index (χ0) is 16.4. The fourth-order valence-electron chi connectivity index (χ4n) is 3.50. The molecule has 6 heteroatoms. The van der Waals surface area contributed by atoms with Gasteiger partial charge in [-0.1, -0.05) is 12.1 Å². The Labute approximate surface area is 130 Å². The van der Waals surface area contributed by atoms with Gasteiger partial charge in [0, 0.05) is 24.6 Å². The van der Waals surface area contributed by atoms with E-state index in [9.17, 15) is 14.7 Å². The van der Waals surface area contributed by atoms with E-state index in [-0.39, 0.29) is 17.9 Å². The van der Waals surface area contributed by atoms with Crippen molar-refractivity contribution in [2.45, 2.75) is 58.9 Å². The maximum Gasteiger partial charge on any atom is 0.308 e. The Bertz CT molecular complexity index is 547. The molecule has 0 bridgehead atoms. The summed E-state index contributed by atoms with van der Waals surface area (Å²) in [6.07, 6.45) is 1.73. The van der Waals surface area contributed by atoms with Crippen LogP contribution >= 0.6 is 0 Å². The summed E-state index contributed by atoms with van der Waals surface area (Å²) >= 11 is 0. The van der Waals surface area contributed by atoms with E-state index in [0.29, 0.717) is 19.4 Å². The fourth-order valence-corrected chi connectivity index (χ4v) is 3.50. The third-order valence-electron chi connectivity index (χ3n) is 4.69. The molecule has 122 valence electrons. The quantitative estimate of drug-likeness (QED) is 0.924. The molecule has 1 aliphatic rings. The van der Waals surface area contributed by atoms with Crippen LogP contribution in [0.3, 0.4) is 0 Å². The van der Waals surface area contributed by atoms with Crippen LogP contribution < -0.4 is 0 Å². The SMILES string of the molecule is Cc1noc(C)c1C(C)CC(=O)N1CCC[C@H](C(=O)O)[C@@H]1C. The number of aliphatic carboxylic acids is 1. The number of carboxylic acid groups (broad SMARTS) is 1. The van der Waals surface area contributed by atoms with Gasteiger partial charge in [0.1, 0.15) is 5.76 Å². The van der Waals surface area contributed by atoms with Gasteiger partial charge in [0.25, 0.3) is 0 Å². The summed E-state index contributed by atoms with van der Waals surface area (Å²) in [5, 5.41) is 13.2. The summed E-state index contributed by atoms with van der Waals surface area (Å²) in [6.45, 7) is 8.17. The van der Waals surface area contributed by atoms with Crippen LogP contribution in [0.25, 0.3) is 0 Å². The van der Waals surface area contributed by atoms with Crippen LogP contribution in [-0.4, -0.2) is 39.6 Å². The molecule has 0 saturated carbocycles. The number of aryl methyl sites for hydroxylation is 2. The van der Waals surface area contributed by atoms with Gasteiger partial charge in [-0.2, -0.15) is 0 Å². The topological polar surface area (TPSA) is 83.6 Å². The third-order valence-corrected chi connectivity index (χ3v) is 4.69. The molecule has 6 nitrogen and oxygen atoms in total. The average Bonchev–Trinajstić information content (AvgIpc) is 2.77. The van der Waals surface area contributed by atoms with Crippen molar-refractivity contribution in [1.82, 2.24) is 10.1 Å². The molecule has 1 N–H and O–H groups in total. The first-order valence-corrected chi connectivity index (χ1v) is 7.78. The minimum atomic E-state index is -0.816. The van der Waals surface area contributed by atoms with Crippen molar-refractivity contribution >= 4 is 11.9 Å². The number of hydrogen-bond acceptors (Lipinski definition) is 4. The summed E-state index contributed by atoms with van der Waals surface area (Å²) in [6, 6.07) is -0.254. The number of rotatable bonds is 4. The van der Waals surface area contributed by atoms with Gasteiger partial charge >= 0.3 is 5.97 Å². The van der Waals surface area contributed by atoms with Crippen LogP contribution in [0.1, 0.15) is 56.0 Å². The van der Waals surface area contributed by atoms with Crippen molar-refractivity contribution in [3.8, 4) is 0 Å². The Balaban J connectivity index is 2.07. The average molecular weight is 308 g/mol. The van der Waals surface area contributed by atoms with Gasteiger partial charge in [-0.25, -0.2) is 0 Å². The maximum atomic E-state index is 12.6. The predicted molar refractivity (Wildman–Crippen MR) is 80.5 cm³/mol. The summed E-state index contributed by atoms with van der Waals surface area (Å²) < 4.78 is 5.16. The van der Waals surface area contributed by atoms with E-state index >= 15 is 0 Å². The van der Waals surface area contributed by atoms with Gasteiger partial charge in [0.05, 0.1) is 11.6 Å². The molecule has 2 heterocycles. The minimum Gasteiger partial charge on any atom is -0.481 e. The van der Waals surface area contributed by atoms with Crippen LogP contribution in [0.4, 0.5) is 0 Å². The molecule has 0 radical (unpaired) electrons. The Morgan fingerprint density at radius 1 is 1.45 bits per heavy atom. The van der Waals surface area contributed by atoms with E-state index in [1.165, 1.54) is 0 Å². The van der Waals surface area contributed by atoms with E-state index < -0.39 is 11.9 Å². The number of aromatic nitrogens is 1. The standard InChI is InChI=1S/C16H24N2O4/c1-9(15-10(2)17-22-12(15)4)8-14(19)18-7-5-6-13(11(18)3)16(20)21/h9,11,13H,5-8H2,1-4H3,(H,20,21)/t9?,11-,13-/m0/s1. The molecular weight excluding hydrogens is 284 g/mol. The highest BCUT2D eigenvalue weighted by atomic mass is 16.5. The molecule has 0 aliphatic carbocycles. The summed E-state index contributed by atoms with van der Waals surface area (Å²) in [7, 11) is 0. The van der Waals surface area contributed by atoms with Crippen molar-refractivity contribution in [2.75, 3.05) is 6.54 Å². The first kappa shape index (κ1) is 16.5. The Hall–Kier alpha value is -1.85. The number of likely N-dealkylation sites (tertiary alicyclic amines) is 1. The second kappa shape index (κ2) is 6.50. The monoisotopic (exact) mass is 308 g/mol. The highest BCUT2D eigenvalue weighted by molar-refractivity contribution is 5.79. The van der Waals surface area contributed by atoms with Gasteiger partial charge in [0.2, 0.25) is 5.91 Å². The number of piperidine rings is 1. The first-order valence-electron chi connectivity index (χ1n) is 7.78. The van der Waals surface area contributed by atoms with Crippen molar-refractivity contribution in [3.63, 3.8) is 0 Å². The second-order valence-corrected chi connectivity index (χ2v) is 6.26. The van der Waals surface area contributed by atoms with E-state index in [2.05, 4.69) is 5.16 Å². The second-order valence-electron chi connectivity index (χ2n) is 6.26. The maximum absolute atomic E-state index is 12.6. The highest BCUT2D eigenvalue weighted by Gasteiger charge is 2.35. The van der Waals surface area contributed by atoms with E-state index in [0.717, 1.165) is 23.4 Å². The fraction of sp³-hybridized carbons (Fsp3) is 0.688. The zero-order valence-electron chi connectivity index (χ0n) is 13.6. The molecule has 2 rings (SSSR count). The lowest BCUT2D eigenvalue weighted by molar-refractivity contribution is -0.149. The first-order chi connectivity index (χ1) is 10.3. The minimum absolute atomic E-state index is 0.00551. The van der Waals surface area contributed by atoms with Crippen LogP contribution in [0.5, 0.6) is 0 Å². The number of hydrogen-bond donors (Lipinski definition) is 1. The molecule has 3 atom stereocenters. The molecular formula is C16H24N2O4. The van der Waals surface area contributed by atoms with Crippen molar-refractivity contribution in [1.29, 1.82) is 0 Å². The molecule has 1 aliphatic heterocycles. The van der Waals surface area contributed by atoms with Crippen LogP contribution in [0, 0.1) is 19.8 Å². The smallest absolute Gasteiger partial charge is 0.308 e. The molecule has 1 aromatic heterocycles. The lowest BCUT2D eigenvalue weighted by Crippen LogP contribution is -2.49. The van der Waals surface area contributed by atoms with Crippen LogP contribution in [0.2, 0.25) is 0 Å². The molecule has 1 aromatic rings. The number of carbonyl (C=O) groups excluding carboxylic acids is 1. The molecule has 1 unspecified atom stereocenters. The zero-order valence-corrected chi connectivity index (χ0v) is 13.6. The summed E-state index contributed by atoms with van der Waals surface area (Å²) in [4.78, 5) is 25.6. The van der Waals surface area contributed by atoms with E-state index in [4.69, 9.17) is 4.52 Å². The third kappa shape index (κ3) is 3.15. The van der Waals surface area contributed by atoms with Crippen molar-refractivity contribution < 1.29 is 19.2 Å². The van der Waals surface area contributed by atoms with Crippen molar-refractivity contribution in [2.24, 2.45) is 5.92 Å². The van der Waals surface area contributed by atoms with Gasteiger partial charge < -0.3 is 14.5 Å². The molecule has 22 heavy (non-hydrogen) atoms. The largest absolute Gasteiger partial charge is 0.481 e. The molecule has 1 fully saturated rings. The molecule has 0 spiro atoms. The number of carboxylic acids is 1. The normalized spacial score (nSPS) is 23.4. The summed E-state index contributed by atoms with van der Waals surface area (Å²) in [5.41, 5.74) is 1.79. The van der Waals surface area contributed by atoms with E-state index in [1.54, 1.807) is 4.90 Å². The van der Waals surface area contributed by atoms with E-state index in [1.807, 2.05) is 27.7 Å².